The third-order valence-electron chi connectivity index (χ3n) is 2.89. The molecule has 0 radical (unpaired) electrons. The van der Waals surface area contributed by atoms with E-state index in [1.165, 1.54) is 29.5 Å². The van der Waals surface area contributed by atoms with E-state index in [-0.39, 0.29) is 17.6 Å². The van der Waals surface area contributed by atoms with E-state index >= 15 is 0 Å². The second-order valence-electron chi connectivity index (χ2n) is 4.30. The Labute approximate surface area is 125 Å². The molecule has 0 fully saturated rings. The van der Waals surface area contributed by atoms with Crippen LogP contribution in [-0.2, 0) is 0 Å². The van der Waals surface area contributed by atoms with Crippen LogP contribution in [0, 0.1) is 10.1 Å². The van der Waals surface area contributed by atoms with Crippen molar-refractivity contribution in [2.75, 3.05) is 12.4 Å². The number of nitrogens with zero attached hydrogens (tertiary/aromatic N) is 2. The van der Waals surface area contributed by atoms with Crippen LogP contribution >= 0.6 is 11.3 Å². The van der Waals surface area contributed by atoms with E-state index < -0.39 is 4.92 Å². The molecule has 1 atom stereocenters. The predicted molar refractivity (Wildman–Crippen MR) is 80.6 cm³/mol. The van der Waals surface area contributed by atoms with Crippen molar-refractivity contribution in [3.05, 3.63) is 50.5 Å². The molecule has 7 nitrogen and oxygen atoms in total. The molecule has 1 amide bonds. The highest BCUT2D eigenvalue weighted by Crippen LogP contribution is 2.25. The highest BCUT2D eigenvalue weighted by atomic mass is 32.1. The Morgan fingerprint density at radius 1 is 1.48 bits per heavy atom. The minimum Gasteiger partial charge on any atom is -0.383 e. The zero-order valence-corrected chi connectivity index (χ0v) is 12.3. The number of hydrogen-bond acceptors (Lipinski definition) is 6. The summed E-state index contributed by atoms with van der Waals surface area (Å²) in [7, 11) is 1.57. The fraction of sp³-hybridized carbons (Fsp3) is 0.231. The average Bonchev–Trinajstić information content (AvgIpc) is 3.00. The van der Waals surface area contributed by atoms with Crippen LogP contribution in [0.4, 0.5) is 11.4 Å². The number of carbonyl (C=O) groups excluding carboxylic acids is 1. The van der Waals surface area contributed by atoms with Crippen molar-refractivity contribution < 1.29 is 9.72 Å². The Kier molecular flexibility index (Phi) is 4.49. The summed E-state index contributed by atoms with van der Waals surface area (Å²) < 4.78 is 0. The van der Waals surface area contributed by atoms with Gasteiger partial charge in [-0.05, 0) is 19.1 Å². The number of nitro benzene ring substituents is 1. The van der Waals surface area contributed by atoms with Gasteiger partial charge in [0.2, 0.25) is 0 Å². The van der Waals surface area contributed by atoms with Gasteiger partial charge in [0.05, 0.1) is 11.0 Å². The van der Waals surface area contributed by atoms with Crippen molar-refractivity contribution in [1.29, 1.82) is 0 Å². The first-order valence-electron chi connectivity index (χ1n) is 6.19. The molecule has 0 aliphatic carbocycles. The molecule has 110 valence electrons. The molecule has 0 spiro atoms. The molecular formula is C13H14N4O3S. The quantitative estimate of drug-likeness (QED) is 0.653. The Bertz CT molecular complexity index is 657. The first-order valence-corrected chi connectivity index (χ1v) is 7.07. The van der Waals surface area contributed by atoms with Crippen molar-refractivity contribution >= 4 is 28.6 Å². The third kappa shape index (κ3) is 3.34. The number of nitro groups is 1. The smallest absolute Gasteiger partial charge is 0.292 e. The molecule has 0 saturated heterocycles. The Morgan fingerprint density at radius 2 is 2.24 bits per heavy atom. The maximum Gasteiger partial charge on any atom is 0.292 e. The summed E-state index contributed by atoms with van der Waals surface area (Å²) in [6.45, 7) is 1.83. The van der Waals surface area contributed by atoms with E-state index in [2.05, 4.69) is 15.6 Å². The largest absolute Gasteiger partial charge is 0.383 e. The zero-order valence-electron chi connectivity index (χ0n) is 11.5. The van der Waals surface area contributed by atoms with Crippen molar-refractivity contribution in [1.82, 2.24) is 10.3 Å². The van der Waals surface area contributed by atoms with Crippen molar-refractivity contribution in [2.24, 2.45) is 0 Å². The van der Waals surface area contributed by atoms with E-state index in [0.717, 1.165) is 5.01 Å². The van der Waals surface area contributed by atoms with E-state index in [0.29, 0.717) is 11.3 Å². The predicted octanol–water partition coefficient (Wildman–Crippen LogP) is 2.58. The van der Waals surface area contributed by atoms with Gasteiger partial charge in [-0.3, -0.25) is 14.9 Å². The van der Waals surface area contributed by atoms with Gasteiger partial charge in [-0.15, -0.1) is 11.3 Å². The lowest BCUT2D eigenvalue weighted by molar-refractivity contribution is -0.383. The first-order chi connectivity index (χ1) is 10.0. The lowest BCUT2D eigenvalue weighted by Crippen LogP contribution is -2.26. The highest BCUT2D eigenvalue weighted by molar-refractivity contribution is 7.09. The van der Waals surface area contributed by atoms with E-state index in [4.69, 9.17) is 0 Å². The Morgan fingerprint density at radius 3 is 2.81 bits per heavy atom. The summed E-state index contributed by atoms with van der Waals surface area (Å²) in [4.78, 5) is 26.7. The average molecular weight is 306 g/mol. The van der Waals surface area contributed by atoms with Gasteiger partial charge in [0, 0.05) is 30.3 Å². The normalized spacial score (nSPS) is 11.7. The van der Waals surface area contributed by atoms with Crippen molar-refractivity contribution in [2.45, 2.75) is 13.0 Å². The molecule has 2 aromatic rings. The fourth-order valence-electron chi connectivity index (χ4n) is 1.83. The number of aromatic nitrogens is 1. The van der Waals surface area contributed by atoms with Gasteiger partial charge >= 0.3 is 0 Å². The number of rotatable bonds is 5. The first kappa shape index (κ1) is 14.9. The number of carbonyl (C=O) groups is 1. The fourth-order valence-corrected chi connectivity index (χ4v) is 2.47. The van der Waals surface area contributed by atoms with Crippen LogP contribution in [0.15, 0.2) is 29.8 Å². The van der Waals surface area contributed by atoms with Gasteiger partial charge in [-0.25, -0.2) is 4.98 Å². The molecule has 2 N–H and O–H groups in total. The summed E-state index contributed by atoms with van der Waals surface area (Å²) in [5.41, 5.74) is 0.588. The lowest BCUT2D eigenvalue weighted by atomic mass is 10.1. The van der Waals surface area contributed by atoms with Gasteiger partial charge in [0.1, 0.15) is 10.7 Å². The van der Waals surface area contributed by atoms with Crippen LogP contribution in [0.3, 0.4) is 0 Å². The Balaban J connectivity index is 2.18. The van der Waals surface area contributed by atoms with Gasteiger partial charge in [-0.2, -0.15) is 0 Å². The topological polar surface area (TPSA) is 97.2 Å². The monoisotopic (exact) mass is 306 g/mol. The van der Waals surface area contributed by atoms with Crippen molar-refractivity contribution in [3.63, 3.8) is 0 Å². The summed E-state index contributed by atoms with van der Waals surface area (Å²) in [5, 5.41) is 19.0. The highest BCUT2D eigenvalue weighted by Gasteiger charge is 2.18. The molecular weight excluding hydrogens is 292 g/mol. The van der Waals surface area contributed by atoms with Gasteiger partial charge in [-0.1, -0.05) is 0 Å². The molecule has 1 unspecified atom stereocenters. The van der Waals surface area contributed by atoms with Crippen LogP contribution in [0.5, 0.6) is 0 Å². The van der Waals surface area contributed by atoms with Crippen LogP contribution in [0.2, 0.25) is 0 Å². The van der Waals surface area contributed by atoms with Gasteiger partial charge in [0.15, 0.2) is 0 Å². The maximum atomic E-state index is 12.2. The maximum absolute atomic E-state index is 12.2. The summed E-state index contributed by atoms with van der Waals surface area (Å²) in [6.07, 6.45) is 1.67. The van der Waals surface area contributed by atoms with Crippen molar-refractivity contribution in [3.8, 4) is 0 Å². The number of benzene rings is 1. The number of amides is 1. The lowest BCUT2D eigenvalue weighted by Gasteiger charge is -2.12. The second-order valence-corrected chi connectivity index (χ2v) is 5.23. The zero-order chi connectivity index (χ0) is 15.4. The van der Waals surface area contributed by atoms with E-state index in [1.807, 2.05) is 12.3 Å². The molecule has 2 rings (SSSR count). The van der Waals surface area contributed by atoms with E-state index in [9.17, 15) is 14.9 Å². The molecule has 0 aliphatic heterocycles. The van der Waals surface area contributed by atoms with Gasteiger partial charge < -0.3 is 10.6 Å². The van der Waals surface area contributed by atoms with Crippen LogP contribution < -0.4 is 10.6 Å². The minimum absolute atomic E-state index is 0.0676. The SMILES string of the molecule is CNc1cc(C(=O)NC(C)c2nccs2)ccc1[N+](=O)[O-]. The van der Waals surface area contributed by atoms with Crippen LogP contribution in [0.1, 0.15) is 28.3 Å². The standard InChI is InChI=1S/C13H14N4O3S/c1-8(13-15-5-6-21-13)16-12(18)9-3-4-11(17(19)20)10(7-9)14-2/h3-8,14H,1-2H3,(H,16,18). The van der Waals surface area contributed by atoms with Gasteiger partial charge in [0.25, 0.3) is 11.6 Å². The third-order valence-corrected chi connectivity index (χ3v) is 3.85. The summed E-state index contributed by atoms with van der Waals surface area (Å²) in [5.74, 6) is -0.302. The molecule has 21 heavy (non-hydrogen) atoms. The molecule has 1 aromatic heterocycles. The second kappa shape index (κ2) is 6.31. The number of thiazole rings is 1. The molecule has 1 heterocycles. The van der Waals surface area contributed by atoms with Crippen LogP contribution in [-0.4, -0.2) is 22.9 Å². The number of hydrogen-bond donors (Lipinski definition) is 2. The molecule has 8 heteroatoms. The minimum atomic E-state index is -0.494. The number of nitrogens with one attached hydrogen (secondary N) is 2. The molecule has 1 aromatic carbocycles. The molecule has 0 bridgehead atoms. The Hall–Kier alpha value is -2.48. The van der Waals surface area contributed by atoms with Crippen LogP contribution in [0.25, 0.3) is 0 Å². The summed E-state index contributed by atoms with van der Waals surface area (Å²) in [6, 6.07) is 3.99. The molecule has 0 aliphatic rings. The van der Waals surface area contributed by atoms with E-state index in [1.54, 1.807) is 13.2 Å². The molecule has 0 saturated carbocycles. The summed E-state index contributed by atoms with van der Waals surface area (Å²) >= 11 is 1.45. The number of anilines is 1.